The van der Waals surface area contributed by atoms with Crippen molar-refractivity contribution < 1.29 is 14.3 Å². The molecule has 130 valence electrons. The molecule has 4 rings (SSSR count). The number of nitrogens with zero attached hydrogens (tertiary/aromatic N) is 2. The fraction of sp³-hybridized carbons (Fsp3) is 0.350. The van der Waals surface area contributed by atoms with Gasteiger partial charge in [0.15, 0.2) is 6.10 Å². The van der Waals surface area contributed by atoms with Crippen LogP contribution in [0.25, 0.3) is 0 Å². The summed E-state index contributed by atoms with van der Waals surface area (Å²) in [4.78, 5) is 17.0. The maximum absolute atomic E-state index is 12.8. The van der Waals surface area contributed by atoms with E-state index in [1.165, 1.54) is 0 Å². The minimum atomic E-state index is -0.379. The van der Waals surface area contributed by atoms with Crippen molar-refractivity contribution in [1.29, 1.82) is 0 Å². The van der Waals surface area contributed by atoms with Crippen LogP contribution in [-0.2, 0) is 11.2 Å². The summed E-state index contributed by atoms with van der Waals surface area (Å²) in [5.41, 5.74) is 2.20. The first-order chi connectivity index (χ1) is 12.3. The van der Waals surface area contributed by atoms with Crippen LogP contribution in [0.3, 0.4) is 0 Å². The van der Waals surface area contributed by atoms with Crippen LogP contribution < -0.4 is 14.4 Å². The van der Waals surface area contributed by atoms with Crippen molar-refractivity contribution in [2.75, 3.05) is 38.2 Å². The lowest BCUT2D eigenvalue weighted by molar-refractivity contribution is -0.138. The predicted molar refractivity (Wildman–Crippen MR) is 96.3 cm³/mol. The van der Waals surface area contributed by atoms with Gasteiger partial charge in [0.25, 0.3) is 5.91 Å². The molecule has 5 heteroatoms. The van der Waals surface area contributed by atoms with Gasteiger partial charge in [-0.1, -0.05) is 30.3 Å². The number of fused-ring (bicyclic) bond motifs is 1. The van der Waals surface area contributed by atoms with E-state index in [0.717, 1.165) is 35.8 Å². The van der Waals surface area contributed by atoms with Crippen LogP contribution in [0, 0.1) is 0 Å². The summed E-state index contributed by atoms with van der Waals surface area (Å²) in [7, 11) is 1.69. The van der Waals surface area contributed by atoms with E-state index in [-0.39, 0.29) is 12.0 Å². The Morgan fingerprint density at radius 3 is 2.52 bits per heavy atom. The number of hydrogen-bond donors (Lipinski definition) is 0. The van der Waals surface area contributed by atoms with Crippen molar-refractivity contribution in [3.8, 4) is 11.5 Å². The van der Waals surface area contributed by atoms with Crippen molar-refractivity contribution >= 4 is 11.6 Å². The molecule has 1 atom stereocenters. The van der Waals surface area contributed by atoms with Crippen molar-refractivity contribution in [3.63, 3.8) is 0 Å². The minimum absolute atomic E-state index is 0.0934. The molecule has 1 amide bonds. The van der Waals surface area contributed by atoms with E-state index >= 15 is 0 Å². The molecule has 2 aliphatic heterocycles. The monoisotopic (exact) mass is 338 g/mol. The van der Waals surface area contributed by atoms with E-state index in [9.17, 15) is 4.79 Å². The third kappa shape index (κ3) is 3.02. The number of hydrogen-bond acceptors (Lipinski definition) is 4. The average molecular weight is 338 g/mol. The van der Waals surface area contributed by atoms with Gasteiger partial charge >= 0.3 is 0 Å². The highest BCUT2D eigenvalue weighted by Gasteiger charge is 2.33. The summed E-state index contributed by atoms with van der Waals surface area (Å²) in [5, 5.41) is 0. The maximum Gasteiger partial charge on any atom is 0.264 e. The van der Waals surface area contributed by atoms with Crippen LogP contribution in [0.15, 0.2) is 48.5 Å². The van der Waals surface area contributed by atoms with Crippen molar-refractivity contribution in [3.05, 3.63) is 54.1 Å². The van der Waals surface area contributed by atoms with Crippen molar-refractivity contribution in [2.24, 2.45) is 0 Å². The molecule has 1 fully saturated rings. The summed E-state index contributed by atoms with van der Waals surface area (Å²) >= 11 is 0. The van der Waals surface area contributed by atoms with Gasteiger partial charge in [-0.25, -0.2) is 0 Å². The Morgan fingerprint density at radius 2 is 1.76 bits per heavy atom. The maximum atomic E-state index is 12.8. The molecule has 0 spiro atoms. The molecule has 2 heterocycles. The second-order valence-corrected chi connectivity index (χ2v) is 6.40. The lowest BCUT2D eigenvalue weighted by Gasteiger charge is -2.37. The first-order valence-electron chi connectivity index (χ1n) is 8.67. The van der Waals surface area contributed by atoms with E-state index in [2.05, 4.69) is 11.0 Å². The quantitative estimate of drug-likeness (QED) is 0.862. The molecule has 0 radical (unpaired) electrons. The second kappa shape index (κ2) is 6.67. The lowest BCUT2D eigenvalue weighted by atomic mass is 10.1. The van der Waals surface area contributed by atoms with Gasteiger partial charge in [-0.3, -0.25) is 4.79 Å². The third-order valence-corrected chi connectivity index (χ3v) is 4.94. The number of methoxy groups -OCH3 is 1. The first kappa shape index (κ1) is 15.8. The van der Waals surface area contributed by atoms with Gasteiger partial charge in [0.05, 0.1) is 12.8 Å². The normalized spacial score (nSPS) is 19.3. The average Bonchev–Trinajstić information content (AvgIpc) is 3.12. The highest BCUT2D eigenvalue weighted by molar-refractivity contribution is 5.83. The van der Waals surface area contributed by atoms with Gasteiger partial charge in [-0.2, -0.15) is 0 Å². The third-order valence-electron chi connectivity index (χ3n) is 4.94. The minimum Gasteiger partial charge on any atom is -0.495 e. The number of para-hydroxylation sites is 3. The van der Waals surface area contributed by atoms with Crippen LogP contribution in [0.2, 0.25) is 0 Å². The van der Waals surface area contributed by atoms with E-state index in [1.807, 2.05) is 47.4 Å². The van der Waals surface area contributed by atoms with Crippen LogP contribution >= 0.6 is 0 Å². The molecule has 2 aromatic rings. The van der Waals surface area contributed by atoms with E-state index < -0.39 is 0 Å². The number of rotatable bonds is 3. The molecule has 0 aromatic heterocycles. The Hall–Kier alpha value is -2.69. The molecule has 0 N–H and O–H groups in total. The molecular weight excluding hydrogens is 316 g/mol. The molecule has 2 aliphatic rings. The zero-order chi connectivity index (χ0) is 17.2. The molecule has 0 unspecified atom stereocenters. The van der Waals surface area contributed by atoms with Crippen molar-refractivity contribution in [2.45, 2.75) is 12.5 Å². The van der Waals surface area contributed by atoms with Crippen LogP contribution in [-0.4, -0.2) is 50.2 Å². The first-order valence-corrected chi connectivity index (χ1v) is 8.67. The SMILES string of the molecule is COc1ccccc1N1CCN(C(=O)[C@@H]2Cc3ccccc3O2)CC1. The number of carbonyl (C=O) groups is 1. The number of piperazine rings is 1. The van der Waals surface area contributed by atoms with E-state index in [0.29, 0.717) is 19.5 Å². The van der Waals surface area contributed by atoms with Gasteiger partial charge in [0.2, 0.25) is 0 Å². The molecular formula is C20H22N2O3. The van der Waals surface area contributed by atoms with Gasteiger partial charge < -0.3 is 19.3 Å². The zero-order valence-corrected chi connectivity index (χ0v) is 14.4. The Kier molecular flexibility index (Phi) is 4.22. The Bertz CT molecular complexity index is 744. The molecule has 0 saturated carbocycles. The standard InChI is InChI=1S/C20H22N2O3/c1-24-18-9-5-3-7-16(18)21-10-12-22(13-11-21)20(23)19-14-15-6-2-4-8-17(15)25-19/h2-9,19H,10-14H2,1H3/t19-/m0/s1. The highest BCUT2D eigenvalue weighted by atomic mass is 16.5. The second-order valence-electron chi connectivity index (χ2n) is 6.40. The van der Waals surface area contributed by atoms with E-state index in [1.54, 1.807) is 7.11 Å². The fourth-order valence-corrected chi connectivity index (χ4v) is 3.58. The highest BCUT2D eigenvalue weighted by Crippen LogP contribution is 2.30. The van der Waals surface area contributed by atoms with Gasteiger partial charge in [-0.05, 0) is 23.8 Å². The summed E-state index contributed by atoms with van der Waals surface area (Å²) in [6.07, 6.45) is 0.289. The summed E-state index contributed by atoms with van der Waals surface area (Å²) < 4.78 is 11.3. The lowest BCUT2D eigenvalue weighted by Crippen LogP contribution is -2.52. The Morgan fingerprint density at radius 1 is 1.04 bits per heavy atom. The number of carbonyl (C=O) groups excluding carboxylic acids is 1. The van der Waals surface area contributed by atoms with Gasteiger partial charge in [0, 0.05) is 32.6 Å². The summed E-state index contributed by atoms with van der Waals surface area (Å²) in [5.74, 6) is 1.81. The zero-order valence-electron chi connectivity index (χ0n) is 14.4. The van der Waals surface area contributed by atoms with E-state index in [4.69, 9.17) is 9.47 Å². The van der Waals surface area contributed by atoms with Crippen molar-refractivity contribution in [1.82, 2.24) is 4.90 Å². The number of ether oxygens (including phenoxy) is 2. The number of benzene rings is 2. The molecule has 0 bridgehead atoms. The Balaban J connectivity index is 1.38. The fourth-order valence-electron chi connectivity index (χ4n) is 3.58. The molecule has 2 aromatic carbocycles. The smallest absolute Gasteiger partial charge is 0.264 e. The molecule has 1 saturated heterocycles. The number of amides is 1. The summed E-state index contributed by atoms with van der Waals surface area (Å²) in [6.45, 7) is 3.00. The topological polar surface area (TPSA) is 42.0 Å². The molecule has 0 aliphatic carbocycles. The predicted octanol–water partition coefficient (Wildman–Crippen LogP) is 2.35. The van der Waals surface area contributed by atoms with Crippen LogP contribution in [0.4, 0.5) is 5.69 Å². The van der Waals surface area contributed by atoms with Gasteiger partial charge in [0.1, 0.15) is 11.5 Å². The largest absolute Gasteiger partial charge is 0.495 e. The van der Waals surface area contributed by atoms with Crippen LogP contribution in [0.5, 0.6) is 11.5 Å². The number of anilines is 1. The van der Waals surface area contributed by atoms with Crippen LogP contribution in [0.1, 0.15) is 5.56 Å². The summed E-state index contributed by atoms with van der Waals surface area (Å²) in [6, 6.07) is 15.9. The molecule has 5 nitrogen and oxygen atoms in total. The molecule has 25 heavy (non-hydrogen) atoms. The Labute approximate surface area is 147 Å². The van der Waals surface area contributed by atoms with Gasteiger partial charge in [-0.15, -0.1) is 0 Å².